The van der Waals surface area contributed by atoms with Crippen molar-refractivity contribution in [1.82, 2.24) is 9.80 Å². The third kappa shape index (κ3) is 4.34. The van der Waals surface area contributed by atoms with Crippen LogP contribution >= 0.6 is 0 Å². The number of carbonyl (C=O) groups is 2. The predicted octanol–water partition coefficient (Wildman–Crippen LogP) is 4.87. The fourth-order valence-corrected chi connectivity index (χ4v) is 5.63. The van der Waals surface area contributed by atoms with Gasteiger partial charge in [-0.25, -0.2) is 0 Å². The minimum atomic E-state index is -0.0577. The number of piperidine rings is 2. The zero-order valence-electron chi connectivity index (χ0n) is 19.3. The molecule has 33 heavy (non-hydrogen) atoms. The van der Waals surface area contributed by atoms with E-state index in [1.165, 1.54) is 0 Å². The summed E-state index contributed by atoms with van der Waals surface area (Å²) in [5.74, 6) is 0.0579. The molecule has 0 unspecified atom stereocenters. The van der Waals surface area contributed by atoms with Crippen LogP contribution in [0.5, 0.6) is 0 Å². The third-order valence-electron chi connectivity index (χ3n) is 7.33. The lowest BCUT2D eigenvalue weighted by atomic mass is 9.93. The molecule has 1 atom stereocenters. The molecule has 172 valence electrons. The van der Waals surface area contributed by atoms with Crippen molar-refractivity contribution in [1.29, 1.82) is 0 Å². The Morgan fingerprint density at radius 1 is 0.909 bits per heavy atom. The molecule has 2 aliphatic heterocycles. The van der Waals surface area contributed by atoms with Crippen LogP contribution in [0.15, 0.2) is 54.6 Å². The van der Waals surface area contributed by atoms with Gasteiger partial charge in [-0.05, 0) is 66.8 Å². The first-order chi connectivity index (χ1) is 16.2. The second-order valence-corrected chi connectivity index (χ2v) is 9.30. The summed E-state index contributed by atoms with van der Waals surface area (Å²) in [7, 11) is 0. The van der Waals surface area contributed by atoms with E-state index in [0.29, 0.717) is 12.6 Å². The van der Waals surface area contributed by atoms with Crippen LogP contribution in [-0.4, -0.2) is 60.5 Å². The van der Waals surface area contributed by atoms with E-state index in [-0.39, 0.29) is 17.8 Å². The number of hydrogen-bond acceptors (Lipinski definition) is 4. The summed E-state index contributed by atoms with van der Waals surface area (Å²) in [5.41, 5.74) is 0.822. The second-order valence-electron chi connectivity index (χ2n) is 9.30. The zero-order chi connectivity index (χ0) is 22.8. The lowest BCUT2D eigenvalue weighted by Crippen LogP contribution is -2.50. The van der Waals surface area contributed by atoms with Crippen molar-refractivity contribution < 1.29 is 14.3 Å². The minimum absolute atomic E-state index is 0.0135. The highest BCUT2D eigenvalue weighted by Crippen LogP contribution is 2.31. The van der Waals surface area contributed by atoms with Crippen molar-refractivity contribution in [3.05, 3.63) is 60.2 Å². The Kier molecular flexibility index (Phi) is 6.32. The molecule has 2 aliphatic rings. The fourth-order valence-electron chi connectivity index (χ4n) is 5.63. The van der Waals surface area contributed by atoms with E-state index in [1.54, 1.807) is 0 Å². The molecule has 0 aliphatic carbocycles. The molecule has 2 saturated heterocycles. The Labute approximate surface area is 195 Å². The molecule has 2 heterocycles. The highest BCUT2D eigenvalue weighted by atomic mass is 16.5. The Hall–Kier alpha value is -2.92. The summed E-state index contributed by atoms with van der Waals surface area (Å²) < 4.78 is 5.27. The number of rotatable bonds is 4. The topological polar surface area (TPSA) is 49.9 Å². The van der Waals surface area contributed by atoms with Crippen molar-refractivity contribution in [2.75, 3.05) is 32.8 Å². The van der Waals surface area contributed by atoms with Gasteiger partial charge < -0.3 is 9.64 Å². The molecule has 1 amide bonds. The molecule has 5 heteroatoms. The number of esters is 1. The molecule has 0 radical (unpaired) electrons. The fraction of sp³-hybridized carbons (Fsp3) is 0.429. The summed E-state index contributed by atoms with van der Waals surface area (Å²) in [4.78, 5) is 30.5. The highest BCUT2D eigenvalue weighted by Gasteiger charge is 2.33. The van der Waals surface area contributed by atoms with E-state index in [9.17, 15) is 9.59 Å². The van der Waals surface area contributed by atoms with Gasteiger partial charge in [-0.3, -0.25) is 14.5 Å². The van der Waals surface area contributed by atoms with E-state index in [0.717, 1.165) is 79.0 Å². The van der Waals surface area contributed by atoms with Crippen LogP contribution in [0, 0.1) is 5.92 Å². The summed E-state index contributed by atoms with van der Waals surface area (Å²) in [5, 5.41) is 4.26. The van der Waals surface area contributed by atoms with Crippen molar-refractivity contribution in [2.24, 2.45) is 5.92 Å². The molecule has 0 N–H and O–H groups in total. The molecule has 3 aromatic carbocycles. The van der Waals surface area contributed by atoms with Gasteiger partial charge in [0.05, 0.1) is 18.1 Å². The van der Waals surface area contributed by atoms with E-state index < -0.39 is 0 Å². The average Bonchev–Trinajstić information content (AvgIpc) is 2.87. The molecular formula is C28H32N2O3. The molecule has 3 aromatic rings. The number of carbonyl (C=O) groups excluding carboxylic acids is 2. The van der Waals surface area contributed by atoms with Crippen molar-refractivity contribution >= 4 is 33.4 Å². The van der Waals surface area contributed by atoms with Crippen LogP contribution < -0.4 is 0 Å². The maximum Gasteiger partial charge on any atom is 0.310 e. The molecule has 0 bridgehead atoms. The first kappa shape index (κ1) is 21.9. The normalized spacial score (nSPS) is 20.3. The SMILES string of the molecule is CCOC(=O)[C@@H]1CCCN(C2CCN(C(=O)c3c4ccccc4cc4ccccc34)CC2)C1. The van der Waals surface area contributed by atoms with Gasteiger partial charge in [0.1, 0.15) is 0 Å². The quantitative estimate of drug-likeness (QED) is 0.425. The summed E-state index contributed by atoms with van der Waals surface area (Å²) in [6.45, 7) is 5.63. The van der Waals surface area contributed by atoms with Crippen LogP contribution in [0.3, 0.4) is 0 Å². The standard InChI is InChI=1S/C28H32N2O3/c1-2-33-28(32)22-10-7-15-30(19-22)23-13-16-29(17-14-23)27(31)26-24-11-5-3-8-20(24)18-21-9-4-6-12-25(21)26/h3-6,8-9,11-12,18,22-23H,2,7,10,13-17,19H2,1H3/t22-/m1/s1. The number of fused-ring (bicyclic) bond motifs is 2. The molecule has 0 spiro atoms. The summed E-state index contributed by atoms with van der Waals surface area (Å²) in [6.07, 6.45) is 3.85. The highest BCUT2D eigenvalue weighted by molar-refractivity contribution is 6.18. The van der Waals surface area contributed by atoms with Gasteiger partial charge in [0.2, 0.25) is 0 Å². The molecular weight excluding hydrogens is 412 g/mol. The van der Waals surface area contributed by atoms with Crippen LogP contribution in [0.2, 0.25) is 0 Å². The van der Waals surface area contributed by atoms with Gasteiger partial charge in [-0.2, -0.15) is 0 Å². The largest absolute Gasteiger partial charge is 0.466 e. The Balaban J connectivity index is 1.32. The van der Waals surface area contributed by atoms with Gasteiger partial charge in [-0.15, -0.1) is 0 Å². The van der Waals surface area contributed by atoms with Crippen LogP contribution in [0.4, 0.5) is 0 Å². The lowest BCUT2D eigenvalue weighted by Gasteiger charge is -2.42. The number of amides is 1. The molecule has 5 rings (SSSR count). The summed E-state index contributed by atoms with van der Waals surface area (Å²) in [6, 6.07) is 19.0. The monoisotopic (exact) mass is 444 g/mol. The van der Waals surface area contributed by atoms with Gasteiger partial charge in [-0.1, -0.05) is 48.5 Å². The van der Waals surface area contributed by atoms with Crippen LogP contribution in [0.25, 0.3) is 21.5 Å². The van der Waals surface area contributed by atoms with Gasteiger partial charge in [0.15, 0.2) is 0 Å². The molecule has 5 nitrogen and oxygen atoms in total. The zero-order valence-corrected chi connectivity index (χ0v) is 19.3. The number of likely N-dealkylation sites (tertiary alicyclic amines) is 2. The molecule has 0 saturated carbocycles. The van der Waals surface area contributed by atoms with Crippen LogP contribution in [0.1, 0.15) is 43.0 Å². The third-order valence-corrected chi connectivity index (χ3v) is 7.33. The van der Waals surface area contributed by atoms with Crippen molar-refractivity contribution in [2.45, 2.75) is 38.6 Å². The lowest BCUT2D eigenvalue weighted by molar-refractivity contribution is -0.150. The van der Waals surface area contributed by atoms with E-state index in [4.69, 9.17) is 4.74 Å². The number of nitrogens with zero attached hydrogens (tertiary/aromatic N) is 2. The van der Waals surface area contributed by atoms with Gasteiger partial charge >= 0.3 is 5.97 Å². The maximum atomic E-state index is 13.8. The Morgan fingerprint density at radius 2 is 1.55 bits per heavy atom. The predicted molar refractivity (Wildman–Crippen MR) is 131 cm³/mol. The Morgan fingerprint density at radius 3 is 2.18 bits per heavy atom. The number of hydrogen-bond donors (Lipinski definition) is 0. The first-order valence-electron chi connectivity index (χ1n) is 12.3. The van der Waals surface area contributed by atoms with Gasteiger partial charge in [0, 0.05) is 25.7 Å². The maximum absolute atomic E-state index is 13.8. The van der Waals surface area contributed by atoms with Gasteiger partial charge in [0.25, 0.3) is 5.91 Å². The van der Waals surface area contributed by atoms with Crippen LogP contribution in [-0.2, 0) is 9.53 Å². The summed E-state index contributed by atoms with van der Waals surface area (Å²) >= 11 is 0. The average molecular weight is 445 g/mol. The van der Waals surface area contributed by atoms with Crippen molar-refractivity contribution in [3.8, 4) is 0 Å². The minimum Gasteiger partial charge on any atom is -0.466 e. The first-order valence-corrected chi connectivity index (χ1v) is 12.3. The smallest absolute Gasteiger partial charge is 0.310 e. The molecule has 0 aromatic heterocycles. The van der Waals surface area contributed by atoms with E-state index in [1.807, 2.05) is 36.1 Å². The second kappa shape index (κ2) is 9.52. The number of benzene rings is 3. The van der Waals surface area contributed by atoms with Crippen molar-refractivity contribution in [3.63, 3.8) is 0 Å². The van der Waals surface area contributed by atoms with E-state index in [2.05, 4.69) is 35.2 Å². The number of ether oxygens (including phenoxy) is 1. The Bertz CT molecular complexity index is 1110. The molecule has 2 fully saturated rings. The van der Waals surface area contributed by atoms with E-state index >= 15 is 0 Å².